The Morgan fingerprint density at radius 1 is 1.10 bits per heavy atom. The van der Waals surface area contributed by atoms with Crippen LogP contribution in [0, 0.1) is 6.92 Å². The third-order valence-electron chi connectivity index (χ3n) is 5.75. The number of halogens is 1. The maximum Gasteiger partial charge on any atom is 0.293 e. The number of fused-ring (bicyclic) bond motifs is 1. The molecule has 5 rings (SSSR count). The zero-order valence-electron chi connectivity index (χ0n) is 17.0. The summed E-state index contributed by atoms with van der Waals surface area (Å²) in [5.74, 6) is 0.818. The predicted octanol–water partition coefficient (Wildman–Crippen LogP) is 5.21. The van der Waals surface area contributed by atoms with Crippen molar-refractivity contribution < 1.29 is 19.1 Å². The summed E-state index contributed by atoms with van der Waals surface area (Å²) in [5.41, 5.74) is 3.86. The van der Waals surface area contributed by atoms with Crippen LogP contribution in [0.15, 0.2) is 35.2 Å². The molecule has 0 spiro atoms. The van der Waals surface area contributed by atoms with Gasteiger partial charge in [-0.1, -0.05) is 17.7 Å². The number of thioether (sulfide) groups is 1. The van der Waals surface area contributed by atoms with Crippen LogP contribution in [0.25, 0.3) is 6.08 Å². The van der Waals surface area contributed by atoms with Crippen LogP contribution in [0.1, 0.15) is 29.5 Å². The summed E-state index contributed by atoms with van der Waals surface area (Å²) in [5, 5.41) is 0.122. The molecule has 2 amide bonds. The highest BCUT2D eigenvalue weighted by atomic mass is 35.5. The zero-order valence-corrected chi connectivity index (χ0v) is 18.6. The van der Waals surface area contributed by atoms with Gasteiger partial charge >= 0.3 is 0 Å². The zero-order chi connectivity index (χ0) is 21.5. The van der Waals surface area contributed by atoms with Crippen molar-refractivity contribution in [3.63, 3.8) is 0 Å². The number of aryl methyl sites for hydroxylation is 1. The summed E-state index contributed by atoms with van der Waals surface area (Å²) in [4.78, 5) is 29.5. The predicted molar refractivity (Wildman–Crippen MR) is 122 cm³/mol. The van der Waals surface area contributed by atoms with Gasteiger partial charge in [0.1, 0.15) is 0 Å². The maximum absolute atomic E-state index is 13.0. The molecule has 3 heterocycles. The van der Waals surface area contributed by atoms with Gasteiger partial charge in [0.15, 0.2) is 11.5 Å². The first-order valence-corrected chi connectivity index (χ1v) is 11.4. The fraction of sp³-hybridized carbons (Fsp3) is 0.304. The molecule has 3 aliphatic heterocycles. The Kier molecular flexibility index (Phi) is 5.32. The molecule has 8 heteroatoms. The number of hydrogen-bond acceptors (Lipinski definition) is 6. The van der Waals surface area contributed by atoms with Crippen molar-refractivity contribution in [3.8, 4) is 11.5 Å². The van der Waals surface area contributed by atoms with Crippen LogP contribution in [0.2, 0.25) is 5.02 Å². The molecular weight excluding hydrogens is 436 g/mol. The molecule has 0 N–H and O–H groups in total. The second-order valence-electron chi connectivity index (χ2n) is 7.80. The SMILES string of the molecule is Cc1cc(N2CCCC2)ccc1/C=C1/SC(=O)N(Cc2cc3c(cc2Cl)OCO3)C1=O. The van der Waals surface area contributed by atoms with Crippen LogP contribution in [0.3, 0.4) is 0 Å². The number of ether oxygens (including phenoxy) is 2. The Bertz CT molecular complexity index is 1110. The quantitative estimate of drug-likeness (QED) is 0.588. The lowest BCUT2D eigenvalue weighted by molar-refractivity contribution is -0.123. The maximum atomic E-state index is 13.0. The van der Waals surface area contributed by atoms with Crippen LogP contribution in [-0.4, -0.2) is 35.9 Å². The minimum atomic E-state index is -0.313. The summed E-state index contributed by atoms with van der Waals surface area (Å²) in [6.45, 7) is 4.42. The molecule has 0 bridgehead atoms. The molecule has 6 nitrogen and oxygen atoms in total. The second-order valence-corrected chi connectivity index (χ2v) is 9.20. The van der Waals surface area contributed by atoms with E-state index in [-0.39, 0.29) is 24.5 Å². The fourth-order valence-corrected chi connectivity index (χ4v) is 5.06. The number of anilines is 1. The van der Waals surface area contributed by atoms with E-state index in [1.165, 1.54) is 23.4 Å². The van der Waals surface area contributed by atoms with Gasteiger partial charge in [-0.25, -0.2) is 0 Å². The summed E-state index contributed by atoms with van der Waals surface area (Å²) in [7, 11) is 0. The van der Waals surface area contributed by atoms with Crippen molar-refractivity contribution in [2.24, 2.45) is 0 Å². The molecular formula is C23H21ClN2O4S. The van der Waals surface area contributed by atoms with Crippen molar-refractivity contribution in [3.05, 3.63) is 56.9 Å². The third-order valence-corrected chi connectivity index (χ3v) is 7.01. The highest BCUT2D eigenvalue weighted by Gasteiger charge is 2.36. The molecule has 2 aromatic rings. The van der Waals surface area contributed by atoms with Crippen LogP contribution in [0.5, 0.6) is 11.5 Å². The van der Waals surface area contributed by atoms with Gasteiger partial charge in [-0.2, -0.15) is 0 Å². The van der Waals surface area contributed by atoms with E-state index in [1.807, 2.05) is 13.0 Å². The Hall–Kier alpha value is -2.64. The normalized spacial score (nSPS) is 19.2. The standard InChI is InChI=1S/C23H21ClN2O4S/c1-14-8-17(25-6-2-3-7-25)5-4-15(14)10-21-22(27)26(23(28)31-21)12-16-9-19-20(11-18(16)24)30-13-29-19/h4-5,8-11H,2-3,6-7,12-13H2,1H3/b21-10+. The summed E-state index contributed by atoms with van der Waals surface area (Å²) >= 11 is 7.28. The van der Waals surface area contributed by atoms with E-state index in [2.05, 4.69) is 17.0 Å². The van der Waals surface area contributed by atoms with Gasteiger partial charge in [-0.3, -0.25) is 14.5 Å². The average molecular weight is 457 g/mol. The lowest BCUT2D eigenvalue weighted by Gasteiger charge is -2.18. The smallest absolute Gasteiger partial charge is 0.293 e. The lowest BCUT2D eigenvalue weighted by Crippen LogP contribution is -2.27. The Morgan fingerprint density at radius 2 is 1.84 bits per heavy atom. The number of hydrogen-bond donors (Lipinski definition) is 0. The molecule has 2 fully saturated rings. The van der Waals surface area contributed by atoms with Crippen molar-refractivity contribution in [1.82, 2.24) is 4.90 Å². The van der Waals surface area contributed by atoms with Gasteiger partial charge < -0.3 is 14.4 Å². The molecule has 3 aliphatic rings. The van der Waals surface area contributed by atoms with Crippen molar-refractivity contribution in [2.75, 3.05) is 24.8 Å². The summed E-state index contributed by atoms with van der Waals surface area (Å²) in [6.07, 6.45) is 4.25. The largest absolute Gasteiger partial charge is 0.454 e. The molecule has 31 heavy (non-hydrogen) atoms. The van der Waals surface area contributed by atoms with Crippen LogP contribution in [-0.2, 0) is 11.3 Å². The molecule has 2 saturated heterocycles. The number of nitrogens with zero attached hydrogens (tertiary/aromatic N) is 2. The van der Waals surface area contributed by atoms with Gasteiger partial charge in [0.25, 0.3) is 11.1 Å². The van der Waals surface area contributed by atoms with Gasteiger partial charge in [-0.15, -0.1) is 0 Å². The molecule has 2 aromatic carbocycles. The minimum absolute atomic E-state index is 0.0877. The Labute approximate surface area is 189 Å². The molecule has 0 saturated carbocycles. The van der Waals surface area contributed by atoms with Crippen molar-refractivity contribution in [1.29, 1.82) is 0 Å². The fourth-order valence-electron chi connectivity index (χ4n) is 4.02. The van der Waals surface area contributed by atoms with Gasteiger partial charge in [0.05, 0.1) is 11.4 Å². The van der Waals surface area contributed by atoms with Crippen molar-refractivity contribution >= 4 is 46.3 Å². The van der Waals surface area contributed by atoms with Crippen LogP contribution in [0.4, 0.5) is 10.5 Å². The third kappa shape index (κ3) is 3.88. The van der Waals surface area contributed by atoms with E-state index in [0.717, 1.165) is 36.0 Å². The van der Waals surface area contributed by atoms with E-state index in [4.69, 9.17) is 21.1 Å². The van der Waals surface area contributed by atoms with Crippen LogP contribution >= 0.6 is 23.4 Å². The summed E-state index contributed by atoms with van der Waals surface area (Å²) < 4.78 is 10.7. The molecule has 0 unspecified atom stereocenters. The van der Waals surface area contributed by atoms with E-state index in [0.29, 0.717) is 27.0 Å². The second kappa shape index (κ2) is 8.13. The van der Waals surface area contributed by atoms with Gasteiger partial charge in [0, 0.05) is 29.9 Å². The van der Waals surface area contributed by atoms with E-state index < -0.39 is 0 Å². The topological polar surface area (TPSA) is 59.1 Å². The Morgan fingerprint density at radius 3 is 2.58 bits per heavy atom. The monoisotopic (exact) mass is 456 g/mol. The lowest BCUT2D eigenvalue weighted by atomic mass is 10.1. The van der Waals surface area contributed by atoms with E-state index in [9.17, 15) is 9.59 Å². The van der Waals surface area contributed by atoms with E-state index >= 15 is 0 Å². The van der Waals surface area contributed by atoms with E-state index in [1.54, 1.807) is 18.2 Å². The van der Waals surface area contributed by atoms with Gasteiger partial charge in [-0.05, 0) is 72.5 Å². The first-order chi connectivity index (χ1) is 15.0. The molecule has 0 radical (unpaired) electrons. The average Bonchev–Trinajstić information content (AvgIpc) is 3.48. The molecule has 160 valence electrons. The van der Waals surface area contributed by atoms with Crippen LogP contribution < -0.4 is 14.4 Å². The van der Waals surface area contributed by atoms with Crippen molar-refractivity contribution in [2.45, 2.75) is 26.3 Å². The number of benzene rings is 2. The molecule has 0 atom stereocenters. The first-order valence-electron chi connectivity index (χ1n) is 10.2. The molecule has 0 aliphatic carbocycles. The Balaban J connectivity index is 1.36. The number of rotatable bonds is 4. The molecule has 0 aromatic heterocycles. The highest BCUT2D eigenvalue weighted by Crippen LogP contribution is 2.39. The number of carbonyl (C=O) groups is 2. The highest BCUT2D eigenvalue weighted by molar-refractivity contribution is 8.18. The number of amides is 2. The number of carbonyl (C=O) groups excluding carboxylic acids is 2. The summed E-state index contributed by atoms with van der Waals surface area (Å²) in [6, 6.07) is 9.62. The first kappa shape index (κ1) is 20.3. The number of imide groups is 1. The minimum Gasteiger partial charge on any atom is -0.454 e. The van der Waals surface area contributed by atoms with Gasteiger partial charge in [0.2, 0.25) is 6.79 Å².